The molecule has 0 saturated heterocycles. The molecule has 0 atom stereocenters. The Bertz CT molecular complexity index is 560. The summed E-state index contributed by atoms with van der Waals surface area (Å²) in [6.45, 7) is 0.910. The molecule has 0 heterocycles. The molecule has 0 fully saturated rings. The SMILES string of the molecule is CNS(=O)(=O)CCNC(=O)Cc1cccc(OCCN)c1. The van der Waals surface area contributed by atoms with Gasteiger partial charge in [0.25, 0.3) is 0 Å². The molecular formula is C13H21N3O4S. The predicted octanol–water partition coefficient (Wildman–Crippen LogP) is -0.768. The molecule has 0 unspecified atom stereocenters. The van der Waals surface area contributed by atoms with Crippen molar-refractivity contribution in [3.63, 3.8) is 0 Å². The van der Waals surface area contributed by atoms with E-state index in [0.29, 0.717) is 18.9 Å². The van der Waals surface area contributed by atoms with E-state index >= 15 is 0 Å². The Kier molecular flexibility index (Phi) is 7.13. The average Bonchev–Trinajstić information content (AvgIpc) is 2.45. The Morgan fingerprint density at radius 1 is 1.38 bits per heavy atom. The third-order valence-corrected chi connectivity index (χ3v) is 4.02. The van der Waals surface area contributed by atoms with Gasteiger partial charge in [-0.2, -0.15) is 0 Å². The molecule has 1 aromatic carbocycles. The predicted molar refractivity (Wildman–Crippen MR) is 80.6 cm³/mol. The van der Waals surface area contributed by atoms with Crippen molar-refractivity contribution in [1.82, 2.24) is 10.0 Å². The summed E-state index contributed by atoms with van der Waals surface area (Å²) in [6, 6.07) is 7.15. The lowest BCUT2D eigenvalue weighted by Crippen LogP contribution is -2.33. The Labute approximate surface area is 124 Å². The molecule has 0 aliphatic rings. The van der Waals surface area contributed by atoms with Gasteiger partial charge in [0.15, 0.2) is 0 Å². The van der Waals surface area contributed by atoms with E-state index in [0.717, 1.165) is 5.56 Å². The molecule has 0 radical (unpaired) electrons. The molecule has 0 aliphatic carbocycles. The minimum absolute atomic E-state index is 0.0748. The maximum atomic E-state index is 11.7. The van der Waals surface area contributed by atoms with Crippen molar-refractivity contribution in [3.05, 3.63) is 29.8 Å². The van der Waals surface area contributed by atoms with E-state index in [1.54, 1.807) is 24.3 Å². The fraction of sp³-hybridized carbons (Fsp3) is 0.462. The summed E-state index contributed by atoms with van der Waals surface area (Å²) in [6.07, 6.45) is 0.166. The number of sulfonamides is 1. The Hall–Kier alpha value is -1.64. The van der Waals surface area contributed by atoms with Gasteiger partial charge in [0.1, 0.15) is 12.4 Å². The molecule has 0 bridgehead atoms. The fourth-order valence-corrected chi connectivity index (χ4v) is 2.17. The van der Waals surface area contributed by atoms with Gasteiger partial charge in [0.05, 0.1) is 12.2 Å². The van der Waals surface area contributed by atoms with E-state index in [1.165, 1.54) is 7.05 Å². The fourth-order valence-electron chi connectivity index (χ4n) is 1.60. The van der Waals surface area contributed by atoms with Gasteiger partial charge in [-0.05, 0) is 24.7 Å². The molecule has 0 spiro atoms. The van der Waals surface area contributed by atoms with Crippen molar-refractivity contribution in [2.24, 2.45) is 5.73 Å². The largest absolute Gasteiger partial charge is 0.492 e. The smallest absolute Gasteiger partial charge is 0.224 e. The van der Waals surface area contributed by atoms with Crippen LogP contribution in [0.1, 0.15) is 5.56 Å². The summed E-state index contributed by atoms with van der Waals surface area (Å²) in [5.41, 5.74) is 6.14. The summed E-state index contributed by atoms with van der Waals surface area (Å²) in [5, 5.41) is 2.57. The Balaban J connectivity index is 2.44. The van der Waals surface area contributed by atoms with E-state index in [4.69, 9.17) is 10.5 Å². The quantitative estimate of drug-likeness (QED) is 0.554. The number of rotatable bonds is 9. The van der Waals surface area contributed by atoms with Crippen molar-refractivity contribution in [1.29, 1.82) is 0 Å². The molecule has 118 valence electrons. The maximum absolute atomic E-state index is 11.7. The first-order valence-electron chi connectivity index (χ1n) is 6.56. The van der Waals surface area contributed by atoms with E-state index < -0.39 is 10.0 Å². The summed E-state index contributed by atoms with van der Waals surface area (Å²) in [7, 11) is -1.96. The van der Waals surface area contributed by atoms with Crippen LogP contribution in [-0.4, -0.2) is 46.8 Å². The number of nitrogens with one attached hydrogen (secondary N) is 2. The number of hydrogen-bond acceptors (Lipinski definition) is 5. The van der Waals surface area contributed by atoms with Gasteiger partial charge >= 0.3 is 0 Å². The van der Waals surface area contributed by atoms with Crippen LogP contribution in [0.25, 0.3) is 0 Å². The van der Waals surface area contributed by atoms with Crippen LogP contribution in [0.3, 0.4) is 0 Å². The third kappa shape index (κ3) is 7.07. The second kappa shape index (κ2) is 8.60. The highest BCUT2D eigenvalue weighted by molar-refractivity contribution is 7.89. The van der Waals surface area contributed by atoms with Crippen molar-refractivity contribution < 1.29 is 17.9 Å². The molecule has 1 aromatic rings. The molecule has 7 nitrogen and oxygen atoms in total. The Morgan fingerprint density at radius 2 is 2.14 bits per heavy atom. The van der Waals surface area contributed by atoms with Gasteiger partial charge in [0, 0.05) is 13.1 Å². The van der Waals surface area contributed by atoms with E-state index in [1.807, 2.05) is 0 Å². The van der Waals surface area contributed by atoms with Crippen molar-refractivity contribution in [2.45, 2.75) is 6.42 Å². The zero-order valence-corrected chi connectivity index (χ0v) is 12.8. The lowest BCUT2D eigenvalue weighted by Gasteiger charge is -2.08. The van der Waals surface area contributed by atoms with Crippen LogP contribution in [0.4, 0.5) is 0 Å². The van der Waals surface area contributed by atoms with Crippen LogP contribution in [0.15, 0.2) is 24.3 Å². The van der Waals surface area contributed by atoms with Crippen LogP contribution in [-0.2, 0) is 21.2 Å². The van der Waals surface area contributed by atoms with Crippen molar-refractivity contribution in [2.75, 3.05) is 32.5 Å². The van der Waals surface area contributed by atoms with E-state index in [9.17, 15) is 13.2 Å². The zero-order valence-electron chi connectivity index (χ0n) is 12.0. The molecule has 0 saturated carbocycles. The van der Waals surface area contributed by atoms with Gasteiger partial charge < -0.3 is 15.8 Å². The first-order valence-corrected chi connectivity index (χ1v) is 8.22. The number of carbonyl (C=O) groups excluding carboxylic acids is 1. The molecule has 4 N–H and O–H groups in total. The van der Waals surface area contributed by atoms with Crippen LogP contribution < -0.4 is 20.5 Å². The molecule has 1 rings (SSSR count). The van der Waals surface area contributed by atoms with Crippen LogP contribution >= 0.6 is 0 Å². The number of ether oxygens (including phenoxy) is 1. The second-order valence-electron chi connectivity index (χ2n) is 4.33. The topological polar surface area (TPSA) is 111 Å². The van der Waals surface area contributed by atoms with Crippen LogP contribution in [0, 0.1) is 0 Å². The van der Waals surface area contributed by atoms with Crippen molar-refractivity contribution in [3.8, 4) is 5.75 Å². The number of benzene rings is 1. The molecule has 0 aromatic heterocycles. The van der Waals surface area contributed by atoms with Crippen molar-refractivity contribution >= 4 is 15.9 Å². The standard InChI is InChI=1S/C13H21N3O4S/c1-15-21(18,19)8-6-16-13(17)10-11-3-2-4-12(9-11)20-7-5-14/h2-4,9,15H,5-8,10,14H2,1H3,(H,16,17). The summed E-state index contributed by atoms with van der Waals surface area (Å²) >= 11 is 0. The van der Waals surface area contributed by atoms with Crippen LogP contribution in [0.5, 0.6) is 5.75 Å². The van der Waals surface area contributed by atoms with Gasteiger partial charge in [-0.15, -0.1) is 0 Å². The molecule has 21 heavy (non-hydrogen) atoms. The highest BCUT2D eigenvalue weighted by Gasteiger charge is 2.09. The van der Waals surface area contributed by atoms with Crippen LogP contribution in [0.2, 0.25) is 0 Å². The normalized spacial score (nSPS) is 11.1. The first kappa shape index (κ1) is 17.4. The number of carbonyl (C=O) groups is 1. The lowest BCUT2D eigenvalue weighted by molar-refractivity contribution is -0.120. The summed E-state index contributed by atoms with van der Waals surface area (Å²) < 4.78 is 29.9. The summed E-state index contributed by atoms with van der Waals surface area (Å²) in [4.78, 5) is 11.7. The zero-order chi connectivity index (χ0) is 15.7. The maximum Gasteiger partial charge on any atom is 0.224 e. The van der Waals surface area contributed by atoms with E-state index in [2.05, 4.69) is 10.0 Å². The molecule has 1 amide bonds. The second-order valence-corrected chi connectivity index (χ2v) is 6.38. The molecule has 8 heteroatoms. The third-order valence-electron chi connectivity index (χ3n) is 2.65. The molecular weight excluding hydrogens is 294 g/mol. The van der Waals surface area contributed by atoms with Gasteiger partial charge in [0.2, 0.25) is 15.9 Å². The first-order chi connectivity index (χ1) is 9.96. The highest BCUT2D eigenvalue weighted by Crippen LogP contribution is 2.13. The number of nitrogens with two attached hydrogens (primary N) is 1. The lowest BCUT2D eigenvalue weighted by atomic mass is 10.1. The minimum atomic E-state index is -3.30. The van der Waals surface area contributed by atoms with Gasteiger partial charge in [-0.25, -0.2) is 13.1 Å². The Morgan fingerprint density at radius 3 is 2.81 bits per heavy atom. The molecule has 0 aliphatic heterocycles. The number of hydrogen-bond donors (Lipinski definition) is 3. The summed E-state index contributed by atoms with van der Waals surface area (Å²) in [5.74, 6) is 0.273. The highest BCUT2D eigenvalue weighted by atomic mass is 32.2. The minimum Gasteiger partial charge on any atom is -0.492 e. The number of amides is 1. The van der Waals surface area contributed by atoms with Gasteiger partial charge in [-0.3, -0.25) is 4.79 Å². The monoisotopic (exact) mass is 315 g/mol. The average molecular weight is 315 g/mol. The van der Waals surface area contributed by atoms with Gasteiger partial charge in [-0.1, -0.05) is 12.1 Å². The van der Waals surface area contributed by atoms with E-state index in [-0.39, 0.29) is 24.6 Å².